The lowest BCUT2D eigenvalue weighted by molar-refractivity contribution is -0.156. The fourth-order valence-corrected chi connectivity index (χ4v) is 5.68. The van der Waals surface area contributed by atoms with Gasteiger partial charge < -0.3 is 24.1 Å². The number of hydrogen-bond acceptors (Lipinski definition) is 6. The standard InChI is InChI=1S/C20H23NO5/c1-19(2)25-17-16(22)15-12-9-14-13(23-10-24-14)8-11(12)4-7-21-6-3-5-20(15,21)18(17)26-19/h8-9,17-18,22H,3-7,10H2,1-2H3/t17-,18-,20+/m0/s1. The Morgan fingerprint density at radius 3 is 2.77 bits per heavy atom. The van der Waals surface area contributed by atoms with Gasteiger partial charge in [-0.05, 0) is 62.9 Å². The molecule has 4 aliphatic heterocycles. The van der Waals surface area contributed by atoms with Gasteiger partial charge in [0.15, 0.2) is 17.3 Å². The lowest BCUT2D eigenvalue weighted by Gasteiger charge is -2.40. The van der Waals surface area contributed by atoms with Crippen molar-refractivity contribution in [3.8, 4) is 11.5 Å². The van der Waals surface area contributed by atoms with Crippen LogP contribution in [-0.2, 0) is 15.9 Å². The molecule has 5 aliphatic rings. The van der Waals surface area contributed by atoms with E-state index in [1.54, 1.807) is 0 Å². The maximum Gasteiger partial charge on any atom is 0.231 e. The molecule has 0 amide bonds. The van der Waals surface area contributed by atoms with Crippen molar-refractivity contribution in [3.05, 3.63) is 29.0 Å². The molecule has 1 N–H and O–H groups in total. The Morgan fingerprint density at radius 1 is 1.12 bits per heavy atom. The van der Waals surface area contributed by atoms with Crippen molar-refractivity contribution in [2.45, 2.75) is 56.6 Å². The first-order valence-electron chi connectivity index (χ1n) is 9.47. The summed E-state index contributed by atoms with van der Waals surface area (Å²) in [5.41, 5.74) is 2.92. The van der Waals surface area contributed by atoms with E-state index in [0.29, 0.717) is 5.76 Å². The van der Waals surface area contributed by atoms with Crippen molar-refractivity contribution >= 4 is 5.57 Å². The van der Waals surface area contributed by atoms with Crippen LogP contribution in [0.3, 0.4) is 0 Å². The number of benzene rings is 1. The van der Waals surface area contributed by atoms with Gasteiger partial charge in [0.05, 0.1) is 5.54 Å². The summed E-state index contributed by atoms with van der Waals surface area (Å²) in [7, 11) is 0. The van der Waals surface area contributed by atoms with Crippen LogP contribution in [-0.4, -0.2) is 53.4 Å². The van der Waals surface area contributed by atoms with E-state index in [1.165, 1.54) is 5.56 Å². The van der Waals surface area contributed by atoms with Crippen LogP contribution in [0, 0.1) is 0 Å². The van der Waals surface area contributed by atoms with E-state index in [4.69, 9.17) is 18.9 Å². The van der Waals surface area contributed by atoms with Crippen LogP contribution < -0.4 is 9.47 Å². The third-order valence-corrected chi connectivity index (χ3v) is 6.59. The van der Waals surface area contributed by atoms with Gasteiger partial charge in [0, 0.05) is 12.1 Å². The monoisotopic (exact) mass is 357 g/mol. The SMILES string of the molecule is CC1(C)O[C@H]2C(O)=C3c4cc5c(cc4CCN4CCC[C@]34[C@H]2O1)OCO5. The van der Waals surface area contributed by atoms with Gasteiger partial charge in [-0.3, -0.25) is 4.90 Å². The van der Waals surface area contributed by atoms with Crippen molar-refractivity contribution in [2.75, 3.05) is 19.9 Å². The van der Waals surface area contributed by atoms with Gasteiger partial charge in [-0.2, -0.15) is 0 Å². The van der Waals surface area contributed by atoms with Crippen LogP contribution in [0.15, 0.2) is 17.9 Å². The van der Waals surface area contributed by atoms with E-state index in [0.717, 1.165) is 55.0 Å². The Morgan fingerprint density at radius 2 is 1.92 bits per heavy atom. The molecule has 0 aromatic heterocycles. The van der Waals surface area contributed by atoms with Crippen molar-refractivity contribution in [2.24, 2.45) is 0 Å². The molecule has 0 radical (unpaired) electrons. The summed E-state index contributed by atoms with van der Waals surface area (Å²) in [5, 5.41) is 11.3. The molecule has 26 heavy (non-hydrogen) atoms. The van der Waals surface area contributed by atoms with Gasteiger partial charge in [0.25, 0.3) is 0 Å². The summed E-state index contributed by atoms with van der Waals surface area (Å²) in [6.07, 6.45) is 2.42. The largest absolute Gasteiger partial charge is 0.509 e. The highest BCUT2D eigenvalue weighted by Crippen LogP contribution is 2.58. The van der Waals surface area contributed by atoms with Gasteiger partial charge in [-0.15, -0.1) is 0 Å². The van der Waals surface area contributed by atoms with Gasteiger partial charge in [-0.1, -0.05) is 0 Å². The first-order valence-corrected chi connectivity index (χ1v) is 9.47. The van der Waals surface area contributed by atoms with Crippen LogP contribution in [0.25, 0.3) is 5.57 Å². The number of rotatable bonds is 0. The highest BCUT2D eigenvalue weighted by molar-refractivity contribution is 5.83. The summed E-state index contributed by atoms with van der Waals surface area (Å²) in [5.74, 6) is 1.20. The maximum atomic E-state index is 11.3. The van der Waals surface area contributed by atoms with Gasteiger partial charge in [0.2, 0.25) is 6.79 Å². The molecule has 6 heteroatoms. The Hall–Kier alpha value is -1.76. The van der Waals surface area contributed by atoms with Gasteiger partial charge in [-0.25, -0.2) is 0 Å². The number of ether oxygens (including phenoxy) is 4. The van der Waals surface area contributed by atoms with Crippen LogP contribution in [0.1, 0.15) is 37.8 Å². The summed E-state index contributed by atoms with van der Waals surface area (Å²) < 4.78 is 23.7. The second-order valence-corrected chi connectivity index (χ2v) is 8.36. The fraction of sp³-hybridized carbons (Fsp3) is 0.600. The molecule has 6 nitrogen and oxygen atoms in total. The minimum absolute atomic E-state index is 0.175. The quantitative estimate of drug-likeness (QED) is 0.770. The van der Waals surface area contributed by atoms with Gasteiger partial charge in [0.1, 0.15) is 18.0 Å². The summed E-state index contributed by atoms with van der Waals surface area (Å²) in [4.78, 5) is 2.50. The molecule has 0 saturated carbocycles. The minimum atomic E-state index is -0.679. The van der Waals surface area contributed by atoms with E-state index >= 15 is 0 Å². The molecule has 1 spiro atoms. The van der Waals surface area contributed by atoms with E-state index in [9.17, 15) is 5.11 Å². The Labute approximate surface area is 152 Å². The molecular formula is C20H23NO5. The van der Waals surface area contributed by atoms with Crippen molar-refractivity contribution < 1.29 is 24.1 Å². The van der Waals surface area contributed by atoms with Crippen LogP contribution in [0.4, 0.5) is 0 Å². The summed E-state index contributed by atoms with van der Waals surface area (Å²) in [6.45, 7) is 6.07. The third-order valence-electron chi connectivity index (χ3n) is 6.59. The molecule has 2 saturated heterocycles. The van der Waals surface area contributed by atoms with Crippen molar-refractivity contribution in [1.29, 1.82) is 0 Å². The average molecular weight is 357 g/mol. The Balaban J connectivity index is 1.60. The first-order chi connectivity index (χ1) is 12.5. The molecule has 2 fully saturated rings. The molecule has 1 aromatic carbocycles. The number of aliphatic hydroxyl groups is 1. The molecule has 1 aliphatic carbocycles. The van der Waals surface area contributed by atoms with Gasteiger partial charge >= 0.3 is 0 Å². The average Bonchev–Trinajstić information content (AvgIpc) is 3.31. The summed E-state index contributed by atoms with van der Waals surface area (Å²) in [6, 6.07) is 4.12. The lowest BCUT2D eigenvalue weighted by atomic mass is 9.81. The van der Waals surface area contributed by atoms with Crippen molar-refractivity contribution in [3.63, 3.8) is 0 Å². The zero-order valence-electron chi connectivity index (χ0n) is 15.1. The van der Waals surface area contributed by atoms with E-state index in [2.05, 4.69) is 11.0 Å². The summed E-state index contributed by atoms with van der Waals surface area (Å²) >= 11 is 0. The zero-order chi connectivity index (χ0) is 17.7. The second-order valence-electron chi connectivity index (χ2n) is 8.36. The van der Waals surface area contributed by atoms with E-state index in [-0.39, 0.29) is 18.4 Å². The Bertz CT molecular complexity index is 847. The van der Waals surface area contributed by atoms with Crippen LogP contribution in [0.5, 0.6) is 11.5 Å². The molecular weight excluding hydrogens is 334 g/mol. The zero-order valence-corrected chi connectivity index (χ0v) is 15.1. The molecule has 0 unspecified atom stereocenters. The number of aliphatic hydroxyl groups excluding tert-OH is 1. The van der Waals surface area contributed by atoms with E-state index in [1.807, 2.05) is 19.9 Å². The number of hydrogen-bond donors (Lipinski definition) is 1. The number of fused-ring (bicyclic) bond motifs is 4. The first kappa shape index (κ1) is 15.3. The van der Waals surface area contributed by atoms with Crippen LogP contribution >= 0.6 is 0 Å². The van der Waals surface area contributed by atoms with E-state index < -0.39 is 11.9 Å². The normalized spacial score (nSPS) is 36.5. The smallest absolute Gasteiger partial charge is 0.231 e. The highest BCUT2D eigenvalue weighted by Gasteiger charge is 2.66. The molecule has 138 valence electrons. The molecule has 3 atom stereocenters. The minimum Gasteiger partial charge on any atom is -0.509 e. The maximum absolute atomic E-state index is 11.3. The van der Waals surface area contributed by atoms with Crippen molar-refractivity contribution in [1.82, 2.24) is 4.90 Å². The second kappa shape index (κ2) is 4.74. The third kappa shape index (κ3) is 1.73. The lowest BCUT2D eigenvalue weighted by Crippen LogP contribution is -2.53. The molecule has 1 aromatic rings. The molecule has 4 heterocycles. The topological polar surface area (TPSA) is 60.4 Å². The fourth-order valence-electron chi connectivity index (χ4n) is 5.68. The highest BCUT2D eigenvalue weighted by atomic mass is 16.8. The Kier molecular flexibility index (Phi) is 2.79. The molecule has 0 bridgehead atoms. The number of nitrogens with zero attached hydrogens (tertiary/aromatic N) is 1. The predicted octanol–water partition coefficient (Wildman–Crippen LogP) is 2.61. The van der Waals surface area contributed by atoms with Crippen LogP contribution in [0.2, 0.25) is 0 Å². The molecule has 6 rings (SSSR count). The predicted molar refractivity (Wildman–Crippen MR) is 93.2 cm³/mol.